The Morgan fingerprint density at radius 3 is 2.00 bits per heavy atom. The topological polar surface area (TPSA) is 63.8 Å². The Balaban J connectivity index is 2.02. The van der Waals surface area contributed by atoms with Crippen LogP contribution in [0.1, 0.15) is 0 Å². The van der Waals surface area contributed by atoms with Crippen LogP contribution in [0.3, 0.4) is 0 Å². The van der Waals surface area contributed by atoms with Crippen LogP contribution in [0.25, 0.3) is 0 Å². The maximum atomic E-state index is 5.41. The summed E-state index contributed by atoms with van der Waals surface area (Å²) in [4.78, 5) is 0. The van der Waals surface area contributed by atoms with Gasteiger partial charge in [0.1, 0.15) is 13.1 Å². The Hall–Kier alpha value is -0.280. The molecule has 2 atom stereocenters. The van der Waals surface area contributed by atoms with Gasteiger partial charge in [0.15, 0.2) is 12.7 Å². The third kappa shape index (κ3) is 2.94. The van der Waals surface area contributed by atoms with Crippen molar-refractivity contribution >= 4 is 0 Å². The monoisotopic (exact) mass is 247 g/mol. The first kappa shape index (κ1) is 13.2. The molecule has 0 amide bonds. The fourth-order valence-corrected chi connectivity index (χ4v) is 2.22. The number of hydrogen-bond acceptors (Lipinski definition) is 6. The number of hydrogen-bond donors (Lipinski definition) is 3. The molecule has 0 bridgehead atoms. The molecule has 0 radical (unpaired) electrons. The number of methoxy groups -OCH3 is 2. The molecule has 0 aromatic heterocycles. The van der Waals surface area contributed by atoms with Crippen LogP contribution in [-0.4, -0.2) is 71.0 Å². The van der Waals surface area contributed by atoms with Crippen molar-refractivity contribution < 1.29 is 18.7 Å². The van der Waals surface area contributed by atoms with E-state index in [4.69, 9.17) is 14.2 Å². The Kier molecular flexibility index (Phi) is 4.31. The van der Waals surface area contributed by atoms with Crippen molar-refractivity contribution in [2.75, 3.05) is 47.6 Å². The van der Waals surface area contributed by atoms with E-state index in [0.29, 0.717) is 0 Å². The molecule has 0 saturated carbocycles. The predicted molar refractivity (Wildman–Crippen MR) is 61.5 cm³/mol. The Morgan fingerprint density at radius 2 is 1.53 bits per heavy atom. The van der Waals surface area contributed by atoms with Crippen LogP contribution in [0.15, 0.2) is 0 Å². The van der Waals surface area contributed by atoms with Crippen LogP contribution >= 0.6 is 0 Å². The van der Waals surface area contributed by atoms with Crippen molar-refractivity contribution in [2.45, 2.75) is 19.0 Å². The van der Waals surface area contributed by atoms with E-state index < -0.39 is 0 Å². The summed E-state index contributed by atoms with van der Waals surface area (Å²) in [6.07, 6.45) is -0.317. The van der Waals surface area contributed by atoms with Gasteiger partial charge in [-0.15, -0.1) is 0 Å². The molecule has 2 aliphatic rings. The fraction of sp³-hybridized carbons (Fsp3) is 1.00. The van der Waals surface area contributed by atoms with E-state index >= 15 is 0 Å². The Morgan fingerprint density at radius 1 is 1.00 bits per heavy atom. The zero-order valence-corrected chi connectivity index (χ0v) is 10.7. The number of morpholine rings is 1. The molecule has 0 spiro atoms. The summed E-state index contributed by atoms with van der Waals surface area (Å²) in [5, 5.41) is 9.87. The normalized spacial score (nSPS) is 37.9. The number of rotatable bonds is 3. The standard InChI is InChI=1S/C10H23N4O3/c1-14(4-6-17-7-5-14)8-11-9(15-2)13-10(12-8)16-3/h8-13H,4-7H2,1-3H3/q+1. The molecule has 2 fully saturated rings. The van der Waals surface area contributed by atoms with E-state index in [0.717, 1.165) is 30.8 Å². The molecule has 100 valence electrons. The van der Waals surface area contributed by atoms with Crippen LogP contribution in [0, 0.1) is 0 Å². The summed E-state index contributed by atoms with van der Waals surface area (Å²) >= 11 is 0. The maximum Gasteiger partial charge on any atom is 0.206 e. The molecule has 3 N–H and O–H groups in total. The second-order valence-electron chi connectivity index (χ2n) is 4.67. The summed E-state index contributed by atoms with van der Waals surface area (Å²) in [6, 6.07) is 0. The van der Waals surface area contributed by atoms with Gasteiger partial charge >= 0.3 is 0 Å². The zero-order chi connectivity index (χ0) is 12.3. The van der Waals surface area contributed by atoms with Gasteiger partial charge in [0, 0.05) is 14.2 Å². The van der Waals surface area contributed by atoms with Crippen molar-refractivity contribution in [1.29, 1.82) is 0 Å². The van der Waals surface area contributed by atoms with Gasteiger partial charge in [0.25, 0.3) is 0 Å². The minimum Gasteiger partial charge on any atom is -0.370 e. The SMILES string of the molecule is COC1NC(OC)NC([N+]2(C)CCOCC2)N1. The van der Waals surface area contributed by atoms with Crippen molar-refractivity contribution in [3.63, 3.8) is 0 Å². The zero-order valence-electron chi connectivity index (χ0n) is 10.7. The molecule has 2 heterocycles. The van der Waals surface area contributed by atoms with Crippen molar-refractivity contribution in [3.8, 4) is 0 Å². The first-order valence-corrected chi connectivity index (χ1v) is 5.94. The minimum absolute atomic E-state index is 0.0926. The predicted octanol–water partition coefficient (Wildman–Crippen LogP) is -1.61. The molecular weight excluding hydrogens is 224 g/mol. The lowest BCUT2D eigenvalue weighted by Crippen LogP contribution is -2.78. The fourth-order valence-electron chi connectivity index (χ4n) is 2.22. The third-order valence-corrected chi connectivity index (χ3v) is 3.51. The molecule has 7 nitrogen and oxygen atoms in total. The second kappa shape index (κ2) is 5.57. The molecule has 2 unspecified atom stereocenters. The summed E-state index contributed by atoms with van der Waals surface area (Å²) in [6.45, 7) is 3.52. The average molecular weight is 247 g/mol. The quantitative estimate of drug-likeness (QED) is 0.522. The Labute approximate surface area is 102 Å². The number of quaternary nitrogens is 1. The van der Waals surface area contributed by atoms with Crippen LogP contribution in [0.4, 0.5) is 0 Å². The largest absolute Gasteiger partial charge is 0.370 e. The highest BCUT2D eigenvalue weighted by molar-refractivity contribution is 4.70. The van der Waals surface area contributed by atoms with Crippen LogP contribution < -0.4 is 16.0 Å². The number of likely N-dealkylation sites (N-methyl/N-ethyl adjacent to an activating group) is 1. The molecule has 2 saturated heterocycles. The van der Waals surface area contributed by atoms with Gasteiger partial charge in [-0.3, -0.25) is 4.48 Å². The van der Waals surface area contributed by atoms with Gasteiger partial charge < -0.3 is 14.2 Å². The first-order chi connectivity index (χ1) is 8.18. The van der Waals surface area contributed by atoms with Crippen LogP contribution in [0.5, 0.6) is 0 Å². The number of nitrogens with zero attached hydrogens (tertiary/aromatic N) is 1. The molecule has 7 heteroatoms. The molecule has 0 aliphatic carbocycles. The molecule has 17 heavy (non-hydrogen) atoms. The lowest BCUT2D eigenvalue weighted by atomic mass is 10.3. The van der Waals surface area contributed by atoms with Crippen molar-refractivity contribution in [1.82, 2.24) is 16.0 Å². The van der Waals surface area contributed by atoms with E-state index in [9.17, 15) is 0 Å². The van der Waals surface area contributed by atoms with E-state index in [1.807, 2.05) is 0 Å². The molecule has 0 aromatic carbocycles. The maximum absolute atomic E-state index is 5.41. The van der Waals surface area contributed by atoms with Gasteiger partial charge in [-0.2, -0.15) is 0 Å². The second-order valence-corrected chi connectivity index (χ2v) is 4.67. The molecular formula is C10H23N4O3+. The van der Waals surface area contributed by atoms with Crippen LogP contribution in [-0.2, 0) is 14.2 Å². The molecule has 0 aromatic rings. The summed E-state index contributed by atoms with van der Waals surface area (Å²) in [5.74, 6) is 0. The van der Waals surface area contributed by atoms with E-state index in [-0.39, 0.29) is 19.0 Å². The van der Waals surface area contributed by atoms with Crippen LogP contribution in [0.2, 0.25) is 0 Å². The van der Waals surface area contributed by atoms with Gasteiger partial charge in [0.2, 0.25) is 6.29 Å². The number of nitrogens with one attached hydrogen (secondary N) is 3. The highest BCUT2D eigenvalue weighted by Gasteiger charge is 2.40. The minimum atomic E-state index is -0.205. The third-order valence-electron chi connectivity index (χ3n) is 3.51. The van der Waals surface area contributed by atoms with E-state index in [1.165, 1.54) is 0 Å². The van der Waals surface area contributed by atoms with Gasteiger partial charge in [-0.1, -0.05) is 0 Å². The lowest BCUT2D eigenvalue weighted by molar-refractivity contribution is -0.948. The van der Waals surface area contributed by atoms with Gasteiger partial charge in [-0.05, 0) is 0 Å². The highest BCUT2D eigenvalue weighted by Crippen LogP contribution is 2.13. The van der Waals surface area contributed by atoms with Gasteiger partial charge in [0.05, 0.1) is 20.3 Å². The van der Waals surface area contributed by atoms with Gasteiger partial charge in [-0.25, -0.2) is 16.0 Å². The van der Waals surface area contributed by atoms with Crippen molar-refractivity contribution in [2.24, 2.45) is 0 Å². The highest BCUT2D eigenvalue weighted by atomic mass is 16.5. The van der Waals surface area contributed by atoms with E-state index in [1.54, 1.807) is 14.2 Å². The lowest BCUT2D eigenvalue weighted by Gasteiger charge is -2.48. The molecule has 2 aliphatic heterocycles. The summed E-state index contributed by atoms with van der Waals surface area (Å²) in [7, 11) is 5.54. The van der Waals surface area contributed by atoms with E-state index in [2.05, 4.69) is 23.0 Å². The average Bonchev–Trinajstić information content (AvgIpc) is 2.39. The summed E-state index contributed by atoms with van der Waals surface area (Å²) < 4.78 is 16.9. The van der Waals surface area contributed by atoms with Crippen molar-refractivity contribution in [3.05, 3.63) is 0 Å². The Bertz CT molecular complexity index is 236. The summed E-state index contributed by atoms with van der Waals surface area (Å²) in [5.41, 5.74) is 0. The molecule has 2 rings (SSSR count). The smallest absolute Gasteiger partial charge is 0.206 e. The number of ether oxygens (including phenoxy) is 3. The first-order valence-electron chi connectivity index (χ1n) is 5.94.